The Bertz CT molecular complexity index is 6340. The second-order valence-electron chi connectivity index (χ2n) is 27.2. The van der Waals surface area contributed by atoms with Gasteiger partial charge in [0.25, 0.3) is 0 Å². The van der Waals surface area contributed by atoms with Gasteiger partial charge >= 0.3 is 0 Å². The molecule has 14 aromatic heterocycles. The lowest BCUT2D eigenvalue weighted by Crippen LogP contribution is -2.36. The Morgan fingerprint density at radius 3 is 1.40 bits per heavy atom. The smallest absolute Gasteiger partial charge is 0.231 e. The van der Waals surface area contributed by atoms with Gasteiger partial charge < -0.3 is 28.1 Å². The summed E-state index contributed by atoms with van der Waals surface area (Å²) in [6.45, 7) is 9.39. The molecule has 0 fully saturated rings. The summed E-state index contributed by atoms with van der Waals surface area (Å²) in [5.74, 6) is 5.40. The maximum atomic E-state index is 8.11. The topological polar surface area (TPSA) is 133 Å². The number of benzene rings is 3. The van der Waals surface area contributed by atoms with Crippen molar-refractivity contribution in [3.8, 4) is 67.8 Å². The number of anilines is 3. The van der Waals surface area contributed by atoms with E-state index in [4.69, 9.17) is 12.3 Å². The van der Waals surface area contributed by atoms with E-state index in [0.717, 1.165) is 68.7 Å². The largest absolute Gasteiger partial charge is 0.352 e. The van der Waals surface area contributed by atoms with Gasteiger partial charge in [0.05, 0.1) is 40.3 Å². The van der Waals surface area contributed by atoms with Crippen LogP contribution >= 0.6 is 0 Å². The molecule has 0 radical (unpaired) electrons. The molecule has 0 spiro atoms. The molecule has 1 aliphatic rings. The van der Waals surface area contributed by atoms with Gasteiger partial charge in [-0.1, -0.05) is 66.2 Å². The first-order valence-corrected chi connectivity index (χ1v) is 34.8. The van der Waals surface area contributed by atoms with Crippen molar-refractivity contribution in [3.05, 3.63) is 259 Å². The van der Waals surface area contributed by atoms with Crippen LogP contribution in [-0.2, 0) is 63.4 Å². The molecule has 0 saturated heterocycles. The molecule has 3 aromatic carbocycles. The van der Waals surface area contributed by atoms with E-state index in [1.54, 1.807) is 48.4 Å². The molecule has 17 aromatic rings. The molecule has 105 heavy (non-hydrogen) atoms. The lowest BCUT2D eigenvalue weighted by Gasteiger charge is -2.27. The third-order valence-electron chi connectivity index (χ3n) is 20.4. The van der Waals surface area contributed by atoms with Gasteiger partial charge in [-0.05, 0) is 121 Å². The molecule has 21 nitrogen and oxygen atoms in total. The SMILES string of the molecule is Cc1c(-c2cccc[n+]2C)n(C)c2nccn12.Cc1cc(-c2c(C)n3ccnc3n2C)[n+](C)cc1-c1ccccc1.Cc1cc[n+](C)c(-c2c(C)n3ccnc3n2C)c1.[2H]C([2H])([2H])N1c2ccccc2N(c2cn3ccnc3n2C)[C@H]1C.[2H]C([2H])([2H])c1cc(C)ccc1-c1cc(-c2c(C)n3ccnc3n2C)[n+](C)cc1C([2H])([2H])[2H]. The maximum absolute atomic E-state index is 8.11. The predicted octanol–water partition coefficient (Wildman–Crippen LogP) is 13.4. The van der Waals surface area contributed by atoms with Crippen LogP contribution in [0.25, 0.3) is 96.7 Å². The van der Waals surface area contributed by atoms with Gasteiger partial charge in [-0.3, -0.25) is 26.6 Å². The minimum atomic E-state index is -2.42. The van der Waals surface area contributed by atoms with Crippen molar-refractivity contribution in [1.29, 1.82) is 0 Å². The Morgan fingerprint density at radius 2 is 0.867 bits per heavy atom. The number of fused-ring (bicyclic) bond motifs is 6. The highest BCUT2D eigenvalue weighted by Crippen LogP contribution is 2.43. The molecule has 1 aliphatic heterocycles. The number of hydrogen-bond donors (Lipinski definition) is 0. The number of pyridine rings is 4. The van der Waals surface area contributed by atoms with Crippen LogP contribution in [0.5, 0.6) is 0 Å². The Hall–Kier alpha value is -12.4. The number of aryl methyl sites for hydroxylation is 18. The maximum Gasteiger partial charge on any atom is 0.231 e. The van der Waals surface area contributed by atoms with E-state index in [0.29, 0.717) is 11.1 Å². The zero-order valence-electron chi connectivity index (χ0n) is 71.6. The number of imidazole rings is 10. The molecule has 0 bridgehead atoms. The Labute approximate surface area is 625 Å². The Kier molecular flexibility index (Phi) is 15.6. The van der Waals surface area contributed by atoms with Crippen molar-refractivity contribution in [1.82, 2.24) is 69.8 Å². The third kappa shape index (κ3) is 12.2. The van der Waals surface area contributed by atoms with Crippen molar-refractivity contribution in [3.63, 3.8) is 0 Å². The first kappa shape index (κ1) is 59.2. The molecule has 0 N–H and O–H groups in total. The average molecular weight is 1410 g/mol. The molecule has 0 saturated carbocycles. The Morgan fingerprint density at radius 1 is 0.390 bits per heavy atom. The number of rotatable bonds is 7. The zero-order valence-corrected chi connectivity index (χ0v) is 62.6. The summed E-state index contributed by atoms with van der Waals surface area (Å²) >= 11 is 0. The van der Waals surface area contributed by atoms with Crippen LogP contribution in [0.1, 0.15) is 69.9 Å². The number of nitrogens with zero attached hydrogens (tertiary/aromatic N) is 21. The number of aromatic nitrogens is 19. The molecule has 0 unspecified atom stereocenters. The fourth-order valence-electron chi connectivity index (χ4n) is 15.0. The monoisotopic (exact) mass is 1410 g/mol. The van der Waals surface area contributed by atoms with Gasteiger partial charge in [0.15, 0.2) is 24.8 Å². The third-order valence-corrected chi connectivity index (χ3v) is 20.4. The molecule has 532 valence electrons. The van der Waals surface area contributed by atoms with Gasteiger partial charge in [-0.15, -0.1) is 0 Å². The van der Waals surface area contributed by atoms with E-state index in [1.807, 2.05) is 150 Å². The van der Waals surface area contributed by atoms with Gasteiger partial charge in [-0.25, -0.2) is 24.9 Å². The van der Waals surface area contributed by atoms with Crippen molar-refractivity contribution in [2.75, 3.05) is 16.8 Å². The summed E-state index contributed by atoms with van der Waals surface area (Å²) in [7, 11) is 18.1. The van der Waals surface area contributed by atoms with Crippen LogP contribution in [0.3, 0.4) is 0 Å². The minimum Gasteiger partial charge on any atom is -0.352 e. The van der Waals surface area contributed by atoms with Crippen LogP contribution in [-0.4, -0.2) is 82.9 Å². The van der Waals surface area contributed by atoms with Crippen molar-refractivity contribution in [2.24, 2.45) is 63.4 Å². The van der Waals surface area contributed by atoms with Gasteiger partial charge in [-0.2, -0.15) is 18.3 Å². The molecular weight excluding hydrogens is 1300 g/mol. The molecule has 0 aliphatic carbocycles. The van der Waals surface area contributed by atoms with Crippen LogP contribution in [0.4, 0.5) is 17.2 Å². The standard InChI is InChI=1S/C22H25N4.C20H21N4.C15H17N5.C14H17N4.C13H15N4/c1-14-7-8-18(15(2)11-14)19-12-20(24(5)13-16(19)3)21-17(4)26-10-9-23-22(26)25(21)6;1-14-12-18(19-15(2)24-11-10-21-20(24)23(19)4)22(3)13-17(14)16-8-6-5-7-9-16;1-11-17(2)12-6-4-5-7-13(12)20(11)14-10-19-9-8-16-15(19)18(14)3;1-10-5-7-16(3)12(9-10)13-11(2)18-8-6-15-14(18)17(13)4;1-10-12(11-6-4-5-8-15(11)2)16(3)13-14-7-9-17(10)13/h7-13H,1-6H3;5-13H,1-4H3;4-11H,1-3H3;5-9H,1-4H3;4-9H,1-3H3/q2*+1;;2*+1/t;;11-;;/m..0../s1/i2D3,3D3;;2D3;;. The predicted molar refractivity (Wildman–Crippen MR) is 417 cm³/mol. The Balaban J connectivity index is 0.000000120. The average Bonchev–Trinajstić information content (AvgIpc) is 1.54. The second kappa shape index (κ2) is 27.8. The van der Waals surface area contributed by atoms with Gasteiger partial charge in [0, 0.05) is 164 Å². The molecule has 0 amide bonds. The van der Waals surface area contributed by atoms with Crippen LogP contribution < -0.4 is 28.1 Å². The summed E-state index contributed by atoms with van der Waals surface area (Å²) in [6, 6.07) is 37.9. The van der Waals surface area contributed by atoms with E-state index in [9.17, 15) is 0 Å². The van der Waals surface area contributed by atoms with E-state index in [-0.39, 0.29) is 17.3 Å². The number of para-hydroxylation sites is 2. The highest BCUT2D eigenvalue weighted by Gasteiger charge is 2.34. The van der Waals surface area contributed by atoms with Crippen molar-refractivity contribution < 1.29 is 30.6 Å². The van der Waals surface area contributed by atoms with Gasteiger partial charge in [0.2, 0.25) is 51.7 Å². The summed E-state index contributed by atoms with van der Waals surface area (Å²) in [5, 5.41) is 0. The quantitative estimate of drug-likeness (QED) is 0.145. The lowest BCUT2D eigenvalue weighted by atomic mass is 9.95. The summed E-state index contributed by atoms with van der Waals surface area (Å²) in [4.78, 5) is 25.5. The van der Waals surface area contributed by atoms with E-state index < -0.39 is 20.7 Å². The second-order valence-corrected chi connectivity index (χ2v) is 27.2. The van der Waals surface area contributed by atoms with Crippen LogP contribution in [0, 0.1) is 62.2 Å². The van der Waals surface area contributed by atoms with Crippen molar-refractivity contribution >= 4 is 46.1 Å². The van der Waals surface area contributed by atoms with E-state index in [2.05, 4.69) is 222 Å². The highest BCUT2D eigenvalue weighted by molar-refractivity contribution is 5.83. The molecule has 18 rings (SSSR count). The van der Waals surface area contributed by atoms with Crippen LogP contribution in [0.2, 0.25) is 0 Å². The van der Waals surface area contributed by atoms with E-state index >= 15 is 0 Å². The normalized spacial score (nSPS) is 14.3. The molecule has 21 heteroatoms. The molecule has 1 atom stereocenters. The first-order valence-electron chi connectivity index (χ1n) is 39.3. The fourth-order valence-corrected chi connectivity index (χ4v) is 15.0. The minimum absolute atomic E-state index is 0.106. The number of hydrogen-bond acceptors (Lipinski definition) is 7. The highest BCUT2D eigenvalue weighted by atomic mass is 15.4. The summed E-state index contributed by atoms with van der Waals surface area (Å²) in [6.07, 6.45) is 28.4. The summed E-state index contributed by atoms with van der Waals surface area (Å²) < 4.78 is 101. The summed E-state index contributed by atoms with van der Waals surface area (Å²) in [5.41, 5.74) is 21.9. The lowest BCUT2D eigenvalue weighted by molar-refractivity contribution is -0.660. The fraction of sp³-hybridized carbons (Fsp3) is 0.250. The molecular formula is C84H95N21+4. The van der Waals surface area contributed by atoms with Gasteiger partial charge in [0.1, 0.15) is 63.0 Å². The molecule has 15 heterocycles. The van der Waals surface area contributed by atoms with E-state index in [1.165, 1.54) is 78.4 Å². The zero-order chi connectivity index (χ0) is 81.6. The van der Waals surface area contributed by atoms with Crippen LogP contribution in [0.15, 0.2) is 208 Å². The first-order chi connectivity index (χ1) is 54.1. The van der Waals surface area contributed by atoms with Crippen molar-refractivity contribution in [2.45, 2.75) is 75.3 Å².